The van der Waals surface area contributed by atoms with E-state index in [0.717, 1.165) is 13.0 Å². The molecule has 20 heavy (non-hydrogen) atoms. The van der Waals surface area contributed by atoms with Gasteiger partial charge in [-0.3, -0.25) is 4.68 Å². The lowest BCUT2D eigenvalue weighted by atomic mass is 10.2. The molecule has 0 saturated heterocycles. The molecule has 7 heteroatoms. The normalized spacial score (nSPS) is 12.1. The molecule has 0 radical (unpaired) electrons. The van der Waals surface area contributed by atoms with E-state index in [-0.39, 0.29) is 12.1 Å². The van der Waals surface area contributed by atoms with Crippen LogP contribution in [0.2, 0.25) is 0 Å². The zero-order valence-corrected chi connectivity index (χ0v) is 12.5. The van der Waals surface area contributed by atoms with Crippen LogP contribution < -0.4 is 5.32 Å². The van der Waals surface area contributed by atoms with E-state index in [1.54, 1.807) is 27.2 Å². The Hall–Kier alpha value is -1.89. The molecular formula is C13H19N5OS. The molecule has 0 aliphatic rings. The molecule has 0 aliphatic heterocycles. The van der Waals surface area contributed by atoms with E-state index in [1.165, 1.54) is 11.2 Å². The molecule has 0 bridgehead atoms. The summed E-state index contributed by atoms with van der Waals surface area (Å²) in [6.45, 7) is 3.41. The third kappa shape index (κ3) is 3.80. The van der Waals surface area contributed by atoms with Crippen LogP contribution in [0.3, 0.4) is 0 Å². The van der Waals surface area contributed by atoms with Crippen molar-refractivity contribution in [2.24, 2.45) is 0 Å². The zero-order chi connectivity index (χ0) is 14.4. The van der Waals surface area contributed by atoms with Crippen molar-refractivity contribution >= 4 is 17.4 Å². The minimum atomic E-state index is -0.0514. The van der Waals surface area contributed by atoms with E-state index in [4.69, 9.17) is 0 Å². The fourth-order valence-electron chi connectivity index (χ4n) is 1.81. The van der Waals surface area contributed by atoms with Gasteiger partial charge in [-0.15, -0.1) is 11.3 Å². The van der Waals surface area contributed by atoms with Crippen molar-refractivity contribution < 1.29 is 4.79 Å². The highest BCUT2D eigenvalue weighted by Crippen LogP contribution is 2.23. The van der Waals surface area contributed by atoms with Gasteiger partial charge in [0.1, 0.15) is 12.7 Å². The summed E-state index contributed by atoms with van der Waals surface area (Å²) in [7, 11) is 1.82. The molecule has 2 rings (SSSR count). The molecule has 2 aromatic heterocycles. The van der Waals surface area contributed by atoms with E-state index >= 15 is 0 Å². The molecule has 2 aromatic rings. The maximum atomic E-state index is 12.0. The van der Waals surface area contributed by atoms with Crippen LogP contribution in [0.1, 0.15) is 24.3 Å². The number of carbonyl (C=O) groups excluding carboxylic acids is 1. The van der Waals surface area contributed by atoms with Crippen LogP contribution in [-0.2, 0) is 6.54 Å². The molecule has 108 valence electrons. The number of carbonyl (C=O) groups is 1. The van der Waals surface area contributed by atoms with Gasteiger partial charge in [0.25, 0.3) is 0 Å². The smallest absolute Gasteiger partial charge is 0.317 e. The van der Waals surface area contributed by atoms with Gasteiger partial charge in [0, 0.05) is 25.0 Å². The summed E-state index contributed by atoms with van der Waals surface area (Å²) in [4.78, 5) is 18.8. The van der Waals surface area contributed by atoms with Gasteiger partial charge in [0.2, 0.25) is 0 Å². The number of aromatic nitrogens is 3. The molecule has 0 saturated carbocycles. The Balaban J connectivity index is 1.71. The molecule has 0 fully saturated rings. The topological polar surface area (TPSA) is 63.1 Å². The van der Waals surface area contributed by atoms with Gasteiger partial charge < -0.3 is 10.2 Å². The highest BCUT2D eigenvalue weighted by atomic mass is 32.1. The van der Waals surface area contributed by atoms with Crippen molar-refractivity contribution in [2.75, 3.05) is 13.6 Å². The van der Waals surface area contributed by atoms with Gasteiger partial charge in [-0.1, -0.05) is 6.07 Å². The van der Waals surface area contributed by atoms with Gasteiger partial charge in [-0.2, -0.15) is 5.10 Å². The Morgan fingerprint density at radius 3 is 3.10 bits per heavy atom. The summed E-state index contributed by atoms with van der Waals surface area (Å²) in [5.74, 6) is 0. The van der Waals surface area contributed by atoms with E-state index < -0.39 is 0 Å². The highest BCUT2D eigenvalue weighted by molar-refractivity contribution is 7.10. The van der Waals surface area contributed by atoms with Crippen LogP contribution in [0.5, 0.6) is 0 Å². The summed E-state index contributed by atoms with van der Waals surface area (Å²) in [6.07, 6.45) is 4.01. The van der Waals surface area contributed by atoms with Crippen LogP contribution in [0.4, 0.5) is 4.79 Å². The number of hydrogen-bond donors (Lipinski definition) is 1. The molecule has 1 unspecified atom stereocenters. The standard InChI is InChI=1S/C13H19N5OS/c1-11(12-5-3-8-20-12)17(2)13(19)15-6-4-7-18-10-14-9-16-18/h3,5,8-11H,4,6-7H2,1-2H3,(H,15,19). The predicted molar refractivity (Wildman–Crippen MR) is 78.5 cm³/mol. The number of amides is 2. The zero-order valence-electron chi connectivity index (χ0n) is 11.7. The minimum absolute atomic E-state index is 0.0514. The molecule has 0 spiro atoms. The van der Waals surface area contributed by atoms with Crippen LogP contribution in [0.15, 0.2) is 30.2 Å². The number of hydrogen-bond acceptors (Lipinski definition) is 4. The second-order valence-corrected chi connectivity index (χ2v) is 5.53. The molecule has 6 nitrogen and oxygen atoms in total. The van der Waals surface area contributed by atoms with Crippen molar-refractivity contribution in [1.29, 1.82) is 0 Å². The molecule has 1 N–H and O–H groups in total. The molecule has 2 heterocycles. The van der Waals surface area contributed by atoms with Gasteiger partial charge in [-0.05, 0) is 24.8 Å². The Kier molecular flexibility index (Phi) is 5.11. The summed E-state index contributed by atoms with van der Waals surface area (Å²) >= 11 is 1.66. The number of thiophene rings is 1. The Labute approximate surface area is 122 Å². The number of aryl methyl sites for hydroxylation is 1. The average molecular weight is 293 g/mol. The van der Waals surface area contributed by atoms with E-state index in [9.17, 15) is 4.79 Å². The predicted octanol–water partition coefficient (Wildman–Crippen LogP) is 2.13. The monoisotopic (exact) mass is 293 g/mol. The highest BCUT2D eigenvalue weighted by Gasteiger charge is 2.17. The maximum Gasteiger partial charge on any atom is 0.317 e. The van der Waals surface area contributed by atoms with Crippen LogP contribution in [0, 0.1) is 0 Å². The van der Waals surface area contributed by atoms with Crippen molar-refractivity contribution in [1.82, 2.24) is 25.0 Å². The second kappa shape index (κ2) is 7.04. The van der Waals surface area contributed by atoms with Gasteiger partial charge in [0.15, 0.2) is 0 Å². The quantitative estimate of drug-likeness (QED) is 0.830. The maximum absolute atomic E-state index is 12.0. The lowest BCUT2D eigenvalue weighted by molar-refractivity contribution is 0.195. The number of nitrogens with zero attached hydrogens (tertiary/aromatic N) is 4. The van der Waals surface area contributed by atoms with Gasteiger partial charge in [0.05, 0.1) is 6.04 Å². The summed E-state index contributed by atoms with van der Waals surface area (Å²) < 4.78 is 1.75. The van der Waals surface area contributed by atoms with Crippen molar-refractivity contribution in [2.45, 2.75) is 25.9 Å². The molecule has 1 atom stereocenters. The Morgan fingerprint density at radius 2 is 2.45 bits per heavy atom. The Bertz CT molecular complexity index is 511. The number of urea groups is 1. The van der Waals surface area contributed by atoms with Crippen LogP contribution >= 0.6 is 11.3 Å². The summed E-state index contributed by atoms with van der Waals surface area (Å²) in [6, 6.07) is 4.08. The molecule has 0 aromatic carbocycles. The second-order valence-electron chi connectivity index (χ2n) is 4.55. The van der Waals surface area contributed by atoms with Crippen LogP contribution in [-0.4, -0.2) is 39.3 Å². The first kappa shape index (κ1) is 14.5. The van der Waals surface area contributed by atoms with E-state index in [2.05, 4.69) is 15.4 Å². The lowest BCUT2D eigenvalue weighted by Crippen LogP contribution is -2.39. The molecule has 2 amide bonds. The third-order valence-electron chi connectivity index (χ3n) is 3.16. The average Bonchev–Trinajstić information content (AvgIpc) is 3.14. The largest absolute Gasteiger partial charge is 0.338 e. The minimum Gasteiger partial charge on any atom is -0.338 e. The number of rotatable bonds is 6. The van der Waals surface area contributed by atoms with Crippen molar-refractivity contribution in [3.63, 3.8) is 0 Å². The molecular weight excluding hydrogens is 274 g/mol. The fourth-order valence-corrected chi connectivity index (χ4v) is 2.63. The van der Waals surface area contributed by atoms with Crippen LogP contribution in [0.25, 0.3) is 0 Å². The fraction of sp³-hybridized carbons (Fsp3) is 0.462. The van der Waals surface area contributed by atoms with E-state index in [0.29, 0.717) is 6.54 Å². The van der Waals surface area contributed by atoms with Crippen molar-refractivity contribution in [3.05, 3.63) is 35.0 Å². The molecule has 0 aliphatic carbocycles. The lowest BCUT2D eigenvalue weighted by Gasteiger charge is -2.24. The Morgan fingerprint density at radius 1 is 1.60 bits per heavy atom. The summed E-state index contributed by atoms with van der Waals surface area (Å²) in [5, 5.41) is 8.96. The van der Waals surface area contributed by atoms with E-state index in [1.807, 2.05) is 31.5 Å². The third-order valence-corrected chi connectivity index (χ3v) is 4.21. The first-order valence-corrected chi connectivity index (χ1v) is 7.43. The van der Waals surface area contributed by atoms with Gasteiger partial charge in [-0.25, -0.2) is 9.78 Å². The number of nitrogens with one attached hydrogen (secondary N) is 1. The first-order chi connectivity index (χ1) is 9.68. The summed E-state index contributed by atoms with van der Waals surface area (Å²) in [5.41, 5.74) is 0. The van der Waals surface area contributed by atoms with Gasteiger partial charge >= 0.3 is 6.03 Å². The first-order valence-electron chi connectivity index (χ1n) is 6.55. The SMILES string of the molecule is CC(c1cccs1)N(C)C(=O)NCCCn1cncn1. The van der Waals surface area contributed by atoms with Crippen molar-refractivity contribution in [3.8, 4) is 0 Å².